The van der Waals surface area contributed by atoms with E-state index in [4.69, 9.17) is 14.2 Å². The number of nitrogens with zero attached hydrogens (tertiary/aromatic N) is 1. The predicted octanol–water partition coefficient (Wildman–Crippen LogP) is 1.91. The zero-order chi connectivity index (χ0) is 17.0. The van der Waals surface area contributed by atoms with E-state index in [-0.39, 0.29) is 30.5 Å². The molecule has 1 fully saturated rings. The number of amides is 1. The Kier molecular flexibility index (Phi) is 5.60. The number of ether oxygens (including phenoxy) is 3. The monoisotopic (exact) mass is 321 g/mol. The van der Waals surface area contributed by atoms with E-state index in [1.807, 2.05) is 13.8 Å². The summed E-state index contributed by atoms with van der Waals surface area (Å²) in [5, 5.41) is 0. The van der Waals surface area contributed by atoms with Crippen LogP contribution in [0.25, 0.3) is 0 Å². The topological polar surface area (TPSA) is 65.1 Å². The Morgan fingerprint density at radius 3 is 2.43 bits per heavy atom. The first-order valence-corrected chi connectivity index (χ1v) is 7.65. The molecule has 1 aromatic rings. The van der Waals surface area contributed by atoms with E-state index in [9.17, 15) is 9.59 Å². The predicted molar refractivity (Wildman–Crippen MR) is 85.1 cm³/mol. The van der Waals surface area contributed by atoms with Crippen molar-refractivity contribution in [1.82, 2.24) is 4.90 Å². The van der Waals surface area contributed by atoms with Crippen molar-refractivity contribution in [3.8, 4) is 11.5 Å². The van der Waals surface area contributed by atoms with E-state index in [1.165, 1.54) is 14.0 Å². The highest BCUT2D eigenvalue weighted by Gasteiger charge is 2.26. The number of morpholine rings is 1. The maximum Gasteiger partial charge on any atom is 0.260 e. The maximum absolute atomic E-state index is 12.3. The van der Waals surface area contributed by atoms with Crippen LogP contribution in [0.5, 0.6) is 11.5 Å². The first-order valence-electron chi connectivity index (χ1n) is 7.65. The fraction of sp³-hybridized carbons (Fsp3) is 0.529. The number of benzene rings is 1. The fourth-order valence-electron chi connectivity index (χ4n) is 2.62. The van der Waals surface area contributed by atoms with E-state index in [2.05, 4.69) is 0 Å². The highest BCUT2D eigenvalue weighted by Crippen LogP contribution is 2.28. The highest BCUT2D eigenvalue weighted by atomic mass is 16.5. The van der Waals surface area contributed by atoms with Crippen LogP contribution in [0.15, 0.2) is 18.2 Å². The number of Topliss-reactive ketones (excluding diaryl/α,β-unsaturated/α-hetero) is 1. The molecule has 0 saturated carbocycles. The summed E-state index contributed by atoms with van der Waals surface area (Å²) in [7, 11) is 1.50. The summed E-state index contributed by atoms with van der Waals surface area (Å²) in [5.41, 5.74) is 0.538. The first-order chi connectivity index (χ1) is 10.9. The maximum atomic E-state index is 12.3. The van der Waals surface area contributed by atoms with Gasteiger partial charge in [-0.1, -0.05) is 0 Å². The van der Waals surface area contributed by atoms with Crippen LogP contribution in [0.3, 0.4) is 0 Å². The smallest absolute Gasteiger partial charge is 0.260 e. The van der Waals surface area contributed by atoms with Gasteiger partial charge in [-0.05, 0) is 39.0 Å². The van der Waals surface area contributed by atoms with Gasteiger partial charge in [0.25, 0.3) is 5.91 Å². The summed E-state index contributed by atoms with van der Waals surface area (Å²) in [4.78, 5) is 25.4. The second kappa shape index (κ2) is 7.46. The van der Waals surface area contributed by atoms with Crippen LogP contribution >= 0.6 is 0 Å². The summed E-state index contributed by atoms with van der Waals surface area (Å²) in [6.45, 7) is 6.43. The van der Waals surface area contributed by atoms with Gasteiger partial charge >= 0.3 is 0 Å². The third-order valence-electron chi connectivity index (χ3n) is 3.69. The van der Waals surface area contributed by atoms with Gasteiger partial charge in [0.15, 0.2) is 23.9 Å². The number of rotatable bonds is 5. The Hall–Kier alpha value is -2.08. The largest absolute Gasteiger partial charge is 0.493 e. The van der Waals surface area contributed by atoms with Crippen LogP contribution in [0.4, 0.5) is 0 Å². The van der Waals surface area contributed by atoms with E-state index in [1.54, 1.807) is 23.1 Å². The molecule has 0 spiro atoms. The molecule has 1 aliphatic heterocycles. The van der Waals surface area contributed by atoms with Crippen molar-refractivity contribution < 1.29 is 23.8 Å². The van der Waals surface area contributed by atoms with E-state index < -0.39 is 0 Å². The molecular weight excluding hydrogens is 298 g/mol. The van der Waals surface area contributed by atoms with Crippen LogP contribution in [0.1, 0.15) is 31.1 Å². The summed E-state index contributed by atoms with van der Waals surface area (Å²) < 4.78 is 16.4. The van der Waals surface area contributed by atoms with Gasteiger partial charge < -0.3 is 19.1 Å². The molecule has 0 aromatic heterocycles. The van der Waals surface area contributed by atoms with E-state index in [0.29, 0.717) is 30.2 Å². The molecule has 1 aromatic carbocycles. The molecule has 6 nitrogen and oxygen atoms in total. The molecule has 0 bridgehead atoms. The number of ketones is 1. The fourth-order valence-corrected chi connectivity index (χ4v) is 2.62. The van der Waals surface area contributed by atoms with Gasteiger partial charge in [-0.2, -0.15) is 0 Å². The Bertz CT molecular complexity index is 576. The van der Waals surface area contributed by atoms with E-state index in [0.717, 1.165) is 0 Å². The van der Waals surface area contributed by atoms with Gasteiger partial charge in [0.2, 0.25) is 0 Å². The Morgan fingerprint density at radius 1 is 1.22 bits per heavy atom. The second-order valence-corrected chi connectivity index (χ2v) is 5.77. The summed E-state index contributed by atoms with van der Waals surface area (Å²) in [6.07, 6.45) is 0.0409. The number of methoxy groups -OCH3 is 1. The minimum absolute atomic E-state index is 0.0205. The SMILES string of the molecule is COc1cc(C(C)=O)ccc1OCC(=O)N1CC(C)OC(C)C1. The van der Waals surface area contributed by atoms with Gasteiger partial charge in [0.1, 0.15) is 0 Å². The quantitative estimate of drug-likeness (QED) is 0.775. The Labute approximate surface area is 136 Å². The molecule has 2 atom stereocenters. The van der Waals surface area contributed by atoms with Crippen LogP contribution in [0.2, 0.25) is 0 Å². The molecule has 126 valence electrons. The van der Waals surface area contributed by atoms with Crippen LogP contribution < -0.4 is 9.47 Å². The molecule has 2 rings (SSSR count). The molecule has 23 heavy (non-hydrogen) atoms. The van der Waals surface area contributed by atoms with Gasteiger partial charge in [-0.15, -0.1) is 0 Å². The Morgan fingerprint density at radius 2 is 1.87 bits per heavy atom. The van der Waals surface area contributed by atoms with Gasteiger partial charge in [0.05, 0.1) is 19.3 Å². The Balaban J connectivity index is 2.00. The molecule has 2 unspecified atom stereocenters. The molecule has 1 aliphatic rings. The summed E-state index contributed by atoms with van der Waals surface area (Å²) in [6, 6.07) is 4.91. The molecule has 0 N–H and O–H groups in total. The van der Waals surface area contributed by atoms with Crippen molar-refractivity contribution in [3.05, 3.63) is 23.8 Å². The molecular formula is C17H23NO5. The molecule has 0 radical (unpaired) electrons. The summed E-state index contributed by atoms with van der Waals surface area (Å²) in [5.74, 6) is 0.737. The number of hydrogen-bond donors (Lipinski definition) is 0. The summed E-state index contributed by atoms with van der Waals surface area (Å²) >= 11 is 0. The first kappa shape index (κ1) is 17.3. The van der Waals surface area contributed by atoms with Crippen molar-refractivity contribution in [2.24, 2.45) is 0 Å². The van der Waals surface area contributed by atoms with Crippen LogP contribution in [-0.4, -0.2) is 55.6 Å². The lowest BCUT2D eigenvalue weighted by Crippen LogP contribution is -2.49. The average Bonchev–Trinajstić information content (AvgIpc) is 2.51. The lowest BCUT2D eigenvalue weighted by molar-refractivity contribution is -0.145. The normalized spacial score (nSPS) is 21.0. The molecule has 0 aliphatic carbocycles. The minimum Gasteiger partial charge on any atom is -0.493 e. The molecule has 1 heterocycles. The van der Waals surface area contributed by atoms with Gasteiger partial charge in [0, 0.05) is 18.7 Å². The standard InChI is InChI=1S/C17H23NO5/c1-11-8-18(9-12(2)23-11)17(20)10-22-15-6-5-14(13(3)19)7-16(15)21-4/h5-7,11-12H,8-10H2,1-4H3. The number of carbonyl (C=O) groups excluding carboxylic acids is 2. The lowest BCUT2D eigenvalue weighted by Gasteiger charge is -2.35. The zero-order valence-corrected chi connectivity index (χ0v) is 14.0. The van der Waals surface area contributed by atoms with Gasteiger partial charge in [-0.25, -0.2) is 0 Å². The molecule has 1 saturated heterocycles. The minimum atomic E-state index is -0.0929. The lowest BCUT2D eigenvalue weighted by atomic mass is 10.1. The third kappa shape index (κ3) is 4.45. The van der Waals surface area contributed by atoms with Crippen LogP contribution in [-0.2, 0) is 9.53 Å². The van der Waals surface area contributed by atoms with Crippen LogP contribution in [0, 0.1) is 0 Å². The van der Waals surface area contributed by atoms with Crippen molar-refractivity contribution in [1.29, 1.82) is 0 Å². The second-order valence-electron chi connectivity index (χ2n) is 5.77. The van der Waals surface area contributed by atoms with Crippen molar-refractivity contribution in [2.75, 3.05) is 26.8 Å². The average molecular weight is 321 g/mol. The number of carbonyl (C=O) groups is 2. The number of hydrogen-bond acceptors (Lipinski definition) is 5. The molecule has 6 heteroatoms. The van der Waals surface area contributed by atoms with Crippen molar-refractivity contribution in [3.63, 3.8) is 0 Å². The third-order valence-corrected chi connectivity index (χ3v) is 3.69. The zero-order valence-electron chi connectivity index (χ0n) is 14.0. The van der Waals surface area contributed by atoms with E-state index >= 15 is 0 Å². The molecule has 1 amide bonds. The van der Waals surface area contributed by atoms with Crippen molar-refractivity contribution in [2.45, 2.75) is 33.0 Å². The van der Waals surface area contributed by atoms with Crippen molar-refractivity contribution >= 4 is 11.7 Å². The highest BCUT2D eigenvalue weighted by molar-refractivity contribution is 5.94. The van der Waals surface area contributed by atoms with Gasteiger partial charge in [-0.3, -0.25) is 9.59 Å².